The minimum atomic E-state index is 0.472. The zero-order chi connectivity index (χ0) is 8.72. The summed E-state index contributed by atoms with van der Waals surface area (Å²) in [5.41, 5.74) is 2.98. The molecular formula is C9H12N2O. The van der Waals surface area contributed by atoms with Crippen LogP contribution in [0.2, 0.25) is 0 Å². The van der Waals surface area contributed by atoms with Crippen LogP contribution in [0.5, 0.6) is 0 Å². The van der Waals surface area contributed by atoms with Gasteiger partial charge in [0.25, 0.3) is 0 Å². The first-order valence-corrected chi connectivity index (χ1v) is 4.11. The van der Waals surface area contributed by atoms with Gasteiger partial charge in [-0.15, -0.1) is 0 Å². The van der Waals surface area contributed by atoms with Gasteiger partial charge in [0.15, 0.2) is 0 Å². The summed E-state index contributed by atoms with van der Waals surface area (Å²) in [6.07, 6.45) is 3.61. The Bertz CT molecular complexity index is 397. The van der Waals surface area contributed by atoms with Gasteiger partial charge in [-0.3, -0.25) is 4.40 Å². The van der Waals surface area contributed by atoms with Crippen LogP contribution in [0.25, 0.3) is 5.71 Å². The summed E-state index contributed by atoms with van der Waals surface area (Å²) in [5, 5.41) is 0. The summed E-state index contributed by atoms with van der Waals surface area (Å²) in [4.78, 5) is 4.17. The monoisotopic (exact) mass is 164 g/mol. The Morgan fingerprint density at radius 3 is 2.92 bits per heavy atom. The predicted octanol–water partition coefficient (Wildman–Crippen LogP) is 2.36. The minimum absolute atomic E-state index is 0.472. The SMILES string of the molecule is Cc1ncn2c(C(C)C)coc12. The summed E-state index contributed by atoms with van der Waals surface area (Å²) in [7, 11) is 0. The number of fused-ring (bicyclic) bond motifs is 1. The van der Waals surface area contributed by atoms with E-state index in [9.17, 15) is 0 Å². The van der Waals surface area contributed by atoms with E-state index in [1.807, 2.05) is 17.7 Å². The first-order valence-electron chi connectivity index (χ1n) is 4.11. The Morgan fingerprint density at radius 1 is 1.50 bits per heavy atom. The lowest BCUT2D eigenvalue weighted by Crippen LogP contribution is -1.91. The third-order valence-corrected chi connectivity index (χ3v) is 2.06. The first-order chi connectivity index (χ1) is 5.70. The van der Waals surface area contributed by atoms with Crippen molar-refractivity contribution < 1.29 is 4.42 Å². The van der Waals surface area contributed by atoms with Gasteiger partial charge < -0.3 is 4.42 Å². The normalized spacial score (nSPS) is 11.7. The van der Waals surface area contributed by atoms with Crippen molar-refractivity contribution >= 4 is 5.71 Å². The topological polar surface area (TPSA) is 30.4 Å². The van der Waals surface area contributed by atoms with Crippen LogP contribution in [-0.2, 0) is 0 Å². The van der Waals surface area contributed by atoms with Crippen LogP contribution in [0.15, 0.2) is 17.0 Å². The van der Waals surface area contributed by atoms with Gasteiger partial charge in [0.05, 0.1) is 5.69 Å². The molecule has 0 N–H and O–H groups in total. The van der Waals surface area contributed by atoms with Crippen molar-refractivity contribution in [2.75, 3.05) is 0 Å². The molecule has 0 aromatic carbocycles. The average Bonchev–Trinajstić information content (AvgIpc) is 2.53. The van der Waals surface area contributed by atoms with Crippen LogP contribution in [0.4, 0.5) is 0 Å². The molecule has 3 nitrogen and oxygen atoms in total. The van der Waals surface area contributed by atoms with E-state index in [1.165, 1.54) is 5.69 Å². The molecule has 12 heavy (non-hydrogen) atoms. The van der Waals surface area contributed by atoms with Crippen LogP contribution in [0.1, 0.15) is 31.2 Å². The van der Waals surface area contributed by atoms with E-state index in [-0.39, 0.29) is 0 Å². The van der Waals surface area contributed by atoms with Gasteiger partial charge in [-0.1, -0.05) is 13.8 Å². The van der Waals surface area contributed by atoms with Crippen molar-refractivity contribution in [1.82, 2.24) is 9.38 Å². The zero-order valence-corrected chi connectivity index (χ0v) is 7.53. The molecule has 0 unspecified atom stereocenters. The van der Waals surface area contributed by atoms with Crippen LogP contribution in [0, 0.1) is 6.92 Å². The van der Waals surface area contributed by atoms with Crippen molar-refractivity contribution in [3.8, 4) is 0 Å². The molecule has 0 radical (unpaired) electrons. The molecule has 0 amide bonds. The molecule has 0 spiro atoms. The van der Waals surface area contributed by atoms with E-state index in [4.69, 9.17) is 4.42 Å². The highest BCUT2D eigenvalue weighted by Crippen LogP contribution is 2.19. The Kier molecular flexibility index (Phi) is 1.46. The second-order valence-electron chi connectivity index (χ2n) is 3.32. The summed E-state index contributed by atoms with van der Waals surface area (Å²) in [6.45, 7) is 6.22. The van der Waals surface area contributed by atoms with E-state index >= 15 is 0 Å². The molecule has 2 rings (SSSR count). The summed E-state index contributed by atoms with van der Waals surface area (Å²) < 4.78 is 7.38. The fourth-order valence-electron chi connectivity index (χ4n) is 1.34. The molecule has 2 aromatic heterocycles. The maximum absolute atomic E-state index is 5.38. The highest BCUT2D eigenvalue weighted by molar-refractivity contribution is 5.41. The van der Waals surface area contributed by atoms with E-state index in [2.05, 4.69) is 18.8 Å². The summed E-state index contributed by atoms with van der Waals surface area (Å²) in [5.74, 6) is 0.472. The molecular weight excluding hydrogens is 152 g/mol. The summed E-state index contributed by atoms with van der Waals surface area (Å²) >= 11 is 0. The van der Waals surface area contributed by atoms with Crippen LogP contribution < -0.4 is 0 Å². The van der Waals surface area contributed by atoms with Gasteiger partial charge >= 0.3 is 0 Å². The molecule has 3 heteroatoms. The lowest BCUT2D eigenvalue weighted by Gasteiger charge is -1.98. The quantitative estimate of drug-likeness (QED) is 0.647. The van der Waals surface area contributed by atoms with Crippen LogP contribution >= 0.6 is 0 Å². The Morgan fingerprint density at radius 2 is 2.25 bits per heavy atom. The number of oxazole rings is 1. The molecule has 0 atom stereocenters. The Labute approximate surface area is 71.0 Å². The molecule has 0 saturated carbocycles. The van der Waals surface area contributed by atoms with E-state index < -0.39 is 0 Å². The zero-order valence-electron chi connectivity index (χ0n) is 7.53. The van der Waals surface area contributed by atoms with Crippen molar-refractivity contribution in [2.24, 2.45) is 0 Å². The van der Waals surface area contributed by atoms with E-state index in [1.54, 1.807) is 6.26 Å². The third kappa shape index (κ3) is 0.858. The van der Waals surface area contributed by atoms with Gasteiger partial charge in [0, 0.05) is 0 Å². The third-order valence-electron chi connectivity index (χ3n) is 2.06. The average molecular weight is 164 g/mol. The van der Waals surface area contributed by atoms with Gasteiger partial charge in [0.1, 0.15) is 18.3 Å². The number of hydrogen-bond acceptors (Lipinski definition) is 2. The van der Waals surface area contributed by atoms with Crippen molar-refractivity contribution in [3.63, 3.8) is 0 Å². The summed E-state index contributed by atoms with van der Waals surface area (Å²) in [6, 6.07) is 0. The smallest absolute Gasteiger partial charge is 0.226 e. The lowest BCUT2D eigenvalue weighted by atomic mass is 10.2. The van der Waals surface area contributed by atoms with Gasteiger partial charge in [0.2, 0.25) is 5.71 Å². The Balaban J connectivity index is 2.71. The van der Waals surface area contributed by atoms with Crippen LogP contribution in [0.3, 0.4) is 0 Å². The molecule has 2 aromatic rings. The number of aromatic nitrogens is 2. The predicted molar refractivity (Wildman–Crippen MR) is 46.3 cm³/mol. The van der Waals surface area contributed by atoms with Crippen molar-refractivity contribution in [2.45, 2.75) is 26.7 Å². The highest BCUT2D eigenvalue weighted by atomic mass is 16.3. The fraction of sp³-hybridized carbons (Fsp3) is 0.444. The minimum Gasteiger partial charge on any atom is -0.444 e. The lowest BCUT2D eigenvalue weighted by molar-refractivity contribution is 0.600. The standard InChI is InChI=1S/C9H12N2O/c1-6(2)8-4-12-9-7(3)10-5-11(8)9/h4-6H,1-3H3. The van der Waals surface area contributed by atoms with Gasteiger partial charge in [-0.05, 0) is 12.8 Å². The first kappa shape index (κ1) is 7.40. The molecule has 0 fully saturated rings. The molecule has 0 aliphatic heterocycles. The van der Waals surface area contributed by atoms with E-state index in [0.29, 0.717) is 5.92 Å². The highest BCUT2D eigenvalue weighted by Gasteiger charge is 2.10. The van der Waals surface area contributed by atoms with Crippen LogP contribution in [-0.4, -0.2) is 9.38 Å². The number of nitrogens with zero attached hydrogens (tertiary/aromatic N) is 2. The molecule has 2 heterocycles. The second-order valence-corrected chi connectivity index (χ2v) is 3.32. The van der Waals surface area contributed by atoms with Gasteiger partial charge in [-0.25, -0.2) is 4.98 Å². The molecule has 0 aliphatic rings. The molecule has 64 valence electrons. The maximum atomic E-state index is 5.38. The largest absolute Gasteiger partial charge is 0.444 e. The fourth-order valence-corrected chi connectivity index (χ4v) is 1.34. The molecule has 0 bridgehead atoms. The molecule has 0 aliphatic carbocycles. The van der Waals surface area contributed by atoms with Gasteiger partial charge in [-0.2, -0.15) is 0 Å². The number of hydrogen-bond donors (Lipinski definition) is 0. The number of aryl methyl sites for hydroxylation is 1. The number of rotatable bonds is 1. The Hall–Kier alpha value is -1.25. The maximum Gasteiger partial charge on any atom is 0.226 e. The second kappa shape index (κ2) is 2.37. The number of imidazole rings is 1. The van der Waals surface area contributed by atoms with E-state index in [0.717, 1.165) is 11.4 Å². The molecule has 0 saturated heterocycles. The van der Waals surface area contributed by atoms with Crippen molar-refractivity contribution in [1.29, 1.82) is 0 Å². The van der Waals surface area contributed by atoms with Crippen molar-refractivity contribution in [3.05, 3.63) is 24.0 Å².